The van der Waals surface area contributed by atoms with E-state index in [9.17, 15) is 4.79 Å². The van der Waals surface area contributed by atoms with Crippen molar-refractivity contribution in [3.8, 4) is 0 Å². The van der Waals surface area contributed by atoms with Crippen molar-refractivity contribution in [1.82, 2.24) is 4.90 Å². The molecule has 1 saturated heterocycles. The summed E-state index contributed by atoms with van der Waals surface area (Å²) in [6.45, 7) is 5.66. The molecular formula is C9H18N2OS. The third kappa shape index (κ3) is 3.19. The first-order valence-electron chi connectivity index (χ1n) is 4.73. The lowest BCUT2D eigenvalue weighted by Gasteiger charge is -2.23. The molecule has 0 radical (unpaired) electrons. The first-order valence-corrected chi connectivity index (χ1v) is 5.89. The molecule has 1 heterocycles. The van der Waals surface area contributed by atoms with Crippen molar-refractivity contribution in [3.63, 3.8) is 0 Å². The predicted octanol–water partition coefficient (Wildman–Crippen LogP) is 0.545. The molecule has 2 atom stereocenters. The minimum absolute atomic E-state index is 0.0920. The van der Waals surface area contributed by atoms with Crippen LogP contribution in [0.5, 0.6) is 0 Å². The molecular weight excluding hydrogens is 184 g/mol. The summed E-state index contributed by atoms with van der Waals surface area (Å²) in [6.07, 6.45) is 0. The van der Waals surface area contributed by atoms with Gasteiger partial charge in [0.05, 0.1) is 6.04 Å². The number of rotatable bonds is 1. The average Bonchev–Trinajstić information content (AvgIpc) is 2.28. The van der Waals surface area contributed by atoms with Crippen LogP contribution in [0, 0.1) is 5.92 Å². The Morgan fingerprint density at radius 1 is 1.69 bits per heavy atom. The van der Waals surface area contributed by atoms with Gasteiger partial charge in [-0.3, -0.25) is 4.79 Å². The van der Waals surface area contributed by atoms with Crippen LogP contribution in [-0.4, -0.2) is 41.4 Å². The molecule has 13 heavy (non-hydrogen) atoms. The lowest BCUT2D eigenvalue weighted by Crippen LogP contribution is -2.44. The van der Waals surface area contributed by atoms with Gasteiger partial charge in [0.15, 0.2) is 0 Å². The monoisotopic (exact) mass is 202 g/mol. The Balaban J connectivity index is 2.52. The summed E-state index contributed by atoms with van der Waals surface area (Å²) in [6, 6.07) is -0.352. The van der Waals surface area contributed by atoms with E-state index in [1.54, 1.807) is 6.92 Å². The Labute approximate surface area is 84.0 Å². The van der Waals surface area contributed by atoms with Crippen molar-refractivity contribution >= 4 is 17.7 Å². The summed E-state index contributed by atoms with van der Waals surface area (Å²) in [5, 5.41) is 0. The molecule has 76 valence electrons. The van der Waals surface area contributed by atoms with Crippen LogP contribution >= 0.6 is 11.8 Å². The Kier molecular flexibility index (Phi) is 4.06. The van der Waals surface area contributed by atoms with Gasteiger partial charge in [0.25, 0.3) is 0 Å². The second kappa shape index (κ2) is 4.86. The van der Waals surface area contributed by atoms with Crippen molar-refractivity contribution in [3.05, 3.63) is 0 Å². The third-order valence-corrected chi connectivity index (χ3v) is 3.42. The van der Waals surface area contributed by atoms with Crippen LogP contribution in [0.15, 0.2) is 0 Å². The summed E-state index contributed by atoms with van der Waals surface area (Å²) in [4.78, 5) is 13.5. The molecule has 0 saturated carbocycles. The standard InChI is InChI=1S/C9H18N2OS/c1-7-5-11(3-4-13-6-7)9(12)8(2)10/h7-8H,3-6,10H2,1-2H3. The molecule has 0 aromatic carbocycles. The average molecular weight is 202 g/mol. The van der Waals surface area contributed by atoms with E-state index < -0.39 is 0 Å². The third-order valence-electron chi connectivity index (χ3n) is 2.14. The van der Waals surface area contributed by atoms with Crippen LogP contribution in [0.3, 0.4) is 0 Å². The van der Waals surface area contributed by atoms with Crippen LogP contribution in [-0.2, 0) is 4.79 Å². The largest absolute Gasteiger partial charge is 0.340 e. The second-order valence-electron chi connectivity index (χ2n) is 3.75. The predicted molar refractivity (Wildman–Crippen MR) is 56.7 cm³/mol. The van der Waals surface area contributed by atoms with Crippen LogP contribution in [0.2, 0.25) is 0 Å². The minimum atomic E-state index is -0.352. The molecule has 0 spiro atoms. The zero-order chi connectivity index (χ0) is 9.84. The van der Waals surface area contributed by atoms with E-state index in [1.165, 1.54) is 0 Å². The fraction of sp³-hybridized carbons (Fsp3) is 0.889. The van der Waals surface area contributed by atoms with E-state index in [0.717, 1.165) is 24.6 Å². The van der Waals surface area contributed by atoms with Crippen molar-refractivity contribution in [2.24, 2.45) is 11.7 Å². The summed E-state index contributed by atoms with van der Waals surface area (Å²) in [5.74, 6) is 2.88. The molecule has 1 rings (SSSR count). The lowest BCUT2D eigenvalue weighted by molar-refractivity contribution is -0.132. The number of thioether (sulfide) groups is 1. The summed E-state index contributed by atoms with van der Waals surface area (Å²) < 4.78 is 0. The molecule has 2 unspecified atom stereocenters. The highest BCUT2D eigenvalue weighted by molar-refractivity contribution is 7.99. The Hall–Kier alpha value is -0.220. The van der Waals surface area contributed by atoms with Gasteiger partial charge in [-0.05, 0) is 18.6 Å². The number of amides is 1. The minimum Gasteiger partial charge on any atom is -0.340 e. The van der Waals surface area contributed by atoms with Gasteiger partial charge in [0, 0.05) is 18.8 Å². The molecule has 1 aliphatic heterocycles. The number of carbonyl (C=O) groups excluding carboxylic acids is 1. The van der Waals surface area contributed by atoms with Gasteiger partial charge >= 0.3 is 0 Å². The molecule has 4 heteroatoms. The number of nitrogens with two attached hydrogens (primary N) is 1. The fourth-order valence-electron chi connectivity index (χ4n) is 1.47. The second-order valence-corrected chi connectivity index (χ2v) is 4.90. The first kappa shape index (κ1) is 10.9. The molecule has 0 aromatic rings. The molecule has 1 aliphatic rings. The highest BCUT2D eigenvalue weighted by atomic mass is 32.2. The number of hydrogen-bond donors (Lipinski definition) is 1. The molecule has 3 nitrogen and oxygen atoms in total. The van der Waals surface area contributed by atoms with E-state index >= 15 is 0 Å². The van der Waals surface area contributed by atoms with Crippen molar-refractivity contribution < 1.29 is 4.79 Å². The van der Waals surface area contributed by atoms with Gasteiger partial charge < -0.3 is 10.6 Å². The highest BCUT2D eigenvalue weighted by Crippen LogP contribution is 2.15. The maximum absolute atomic E-state index is 11.6. The smallest absolute Gasteiger partial charge is 0.239 e. The first-order chi connectivity index (χ1) is 6.11. The van der Waals surface area contributed by atoms with Gasteiger partial charge in [0.2, 0.25) is 5.91 Å². The summed E-state index contributed by atoms with van der Waals surface area (Å²) >= 11 is 1.92. The van der Waals surface area contributed by atoms with Crippen molar-refractivity contribution in [2.75, 3.05) is 24.6 Å². The van der Waals surface area contributed by atoms with E-state index in [2.05, 4.69) is 6.92 Å². The lowest BCUT2D eigenvalue weighted by atomic mass is 10.2. The van der Waals surface area contributed by atoms with Crippen molar-refractivity contribution in [1.29, 1.82) is 0 Å². The van der Waals surface area contributed by atoms with E-state index in [4.69, 9.17) is 5.73 Å². The molecule has 2 N–H and O–H groups in total. The number of carbonyl (C=O) groups is 1. The van der Waals surface area contributed by atoms with E-state index in [1.807, 2.05) is 16.7 Å². The zero-order valence-electron chi connectivity index (χ0n) is 8.32. The molecule has 0 aromatic heterocycles. The van der Waals surface area contributed by atoms with E-state index in [0.29, 0.717) is 5.92 Å². The van der Waals surface area contributed by atoms with Crippen molar-refractivity contribution in [2.45, 2.75) is 19.9 Å². The normalized spacial score (nSPS) is 26.7. The Morgan fingerprint density at radius 2 is 2.38 bits per heavy atom. The topological polar surface area (TPSA) is 46.3 Å². The molecule has 0 bridgehead atoms. The maximum Gasteiger partial charge on any atom is 0.239 e. The van der Waals surface area contributed by atoms with Gasteiger partial charge in [-0.1, -0.05) is 6.92 Å². The zero-order valence-corrected chi connectivity index (χ0v) is 9.14. The molecule has 0 aliphatic carbocycles. The maximum atomic E-state index is 11.6. The van der Waals surface area contributed by atoms with E-state index in [-0.39, 0.29) is 11.9 Å². The molecule has 1 fully saturated rings. The molecule has 1 amide bonds. The Bertz CT molecular complexity index is 184. The summed E-state index contributed by atoms with van der Waals surface area (Å²) in [7, 11) is 0. The van der Waals surface area contributed by atoms with Crippen LogP contribution < -0.4 is 5.73 Å². The number of hydrogen-bond acceptors (Lipinski definition) is 3. The van der Waals surface area contributed by atoms with Crippen LogP contribution in [0.1, 0.15) is 13.8 Å². The van der Waals surface area contributed by atoms with Gasteiger partial charge in [-0.2, -0.15) is 11.8 Å². The Morgan fingerprint density at radius 3 is 3.00 bits per heavy atom. The highest BCUT2D eigenvalue weighted by Gasteiger charge is 2.21. The fourth-order valence-corrected chi connectivity index (χ4v) is 2.49. The SMILES string of the molecule is CC1CSCCN(C(=O)C(C)N)C1. The van der Waals surface area contributed by atoms with Gasteiger partial charge in [-0.15, -0.1) is 0 Å². The van der Waals surface area contributed by atoms with Gasteiger partial charge in [-0.25, -0.2) is 0 Å². The van der Waals surface area contributed by atoms with Crippen LogP contribution in [0.4, 0.5) is 0 Å². The van der Waals surface area contributed by atoms with Gasteiger partial charge in [0.1, 0.15) is 0 Å². The van der Waals surface area contributed by atoms with Crippen LogP contribution in [0.25, 0.3) is 0 Å². The number of nitrogens with zero attached hydrogens (tertiary/aromatic N) is 1. The summed E-state index contributed by atoms with van der Waals surface area (Å²) in [5.41, 5.74) is 5.57. The quantitative estimate of drug-likeness (QED) is 0.675.